The zero-order valence-electron chi connectivity index (χ0n) is 32.4. The number of aryl methyl sites for hydroxylation is 1. The van der Waals surface area contributed by atoms with Gasteiger partial charge in [-0.2, -0.15) is 5.10 Å². The van der Waals surface area contributed by atoms with Gasteiger partial charge in [-0.15, -0.1) is 0 Å². The van der Waals surface area contributed by atoms with Gasteiger partial charge in [-0.1, -0.05) is 30.3 Å². The van der Waals surface area contributed by atoms with Gasteiger partial charge >= 0.3 is 0 Å². The molecule has 3 aromatic heterocycles. The van der Waals surface area contributed by atoms with Crippen LogP contribution in [-0.4, -0.2) is 65.4 Å². The smallest absolute Gasteiger partial charge is 0.291 e. The Balaban J connectivity index is 1.06. The van der Waals surface area contributed by atoms with Crippen LogP contribution >= 0.6 is 0 Å². The molecule has 4 N–H and O–H groups in total. The van der Waals surface area contributed by atoms with E-state index in [1.165, 1.54) is 26.4 Å². The van der Waals surface area contributed by atoms with Gasteiger partial charge in [-0.3, -0.25) is 28.9 Å². The van der Waals surface area contributed by atoms with E-state index < -0.39 is 11.8 Å². The number of fused-ring (bicyclic) bond motifs is 2. The number of nitrogens with one attached hydrogen (secondary N) is 2. The van der Waals surface area contributed by atoms with Gasteiger partial charge in [0.05, 0.1) is 48.8 Å². The van der Waals surface area contributed by atoms with Crippen LogP contribution in [0.4, 0.5) is 11.4 Å². The molecule has 0 radical (unpaired) electrons. The van der Waals surface area contributed by atoms with Crippen molar-refractivity contribution in [3.05, 3.63) is 148 Å². The van der Waals surface area contributed by atoms with Crippen molar-refractivity contribution in [2.24, 2.45) is 12.8 Å². The second-order valence-corrected chi connectivity index (χ2v) is 13.6. The van der Waals surface area contributed by atoms with Crippen molar-refractivity contribution in [2.75, 3.05) is 44.5 Å². The molecule has 2 amide bonds. The first-order valence-electron chi connectivity index (χ1n) is 18.6. The van der Waals surface area contributed by atoms with Gasteiger partial charge in [-0.05, 0) is 71.6 Å². The summed E-state index contributed by atoms with van der Waals surface area (Å²) in [5.74, 6) is -0.188. The van der Waals surface area contributed by atoms with E-state index in [0.717, 1.165) is 46.6 Å². The van der Waals surface area contributed by atoms with Crippen molar-refractivity contribution in [2.45, 2.75) is 19.5 Å². The highest BCUT2D eigenvalue weighted by Crippen LogP contribution is 2.34. The number of aromatic nitrogens is 3. The summed E-state index contributed by atoms with van der Waals surface area (Å²) in [7, 11) is 4.83. The van der Waals surface area contributed by atoms with Gasteiger partial charge < -0.3 is 35.0 Å². The molecular formula is C44H43N7O7. The molecule has 58 heavy (non-hydrogen) atoms. The second kappa shape index (κ2) is 17.8. The Labute approximate surface area is 334 Å². The number of ether oxygens (including phenoxy) is 3. The van der Waals surface area contributed by atoms with Crippen LogP contribution in [0.1, 0.15) is 37.6 Å². The number of rotatable bonds is 16. The van der Waals surface area contributed by atoms with E-state index in [1.807, 2.05) is 54.5 Å². The van der Waals surface area contributed by atoms with E-state index in [0.29, 0.717) is 43.1 Å². The quantitative estimate of drug-likeness (QED) is 0.102. The summed E-state index contributed by atoms with van der Waals surface area (Å²) < 4.78 is 24.2. The van der Waals surface area contributed by atoms with Gasteiger partial charge in [0.15, 0.2) is 22.7 Å². The molecule has 0 saturated carbocycles. The zero-order valence-corrected chi connectivity index (χ0v) is 32.4. The Morgan fingerprint density at radius 1 is 0.828 bits per heavy atom. The number of pyridine rings is 1. The number of carbonyl (C=O) groups excluding carboxylic acids is 2. The Bertz CT molecular complexity index is 2640. The van der Waals surface area contributed by atoms with Crippen LogP contribution in [0.15, 0.2) is 119 Å². The number of amides is 2. The summed E-state index contributed by atoms with van der Waals surface area (Å²) in [6, 6.07) is 26.7. The van der Waals surface area contributed by atoms with Gasteiger partial charge in [0.25, 0.3) is 11.8 Å². The molecule has 0 unspecified atom stereocenters. The van der Waals surface area contributed by atoms with Gasteiger partial charge in [0, 0.05) is 62.6 Å². The summed E-state index contributed by atoms with van der Waals surface area (Å²) in [6.07, 6.45) is 6.15. The average Bonchev–Trinajstić information content (AvgIpc) is 3.61. The van der Waals surface area contributed by atoms with Crippen molar-refractivity contribution in [1.29, 1.82) is 0 Å². The third-order valence-corrected chi connectivity index (χ3v) is 9.58. The van der Waals surface area contributed by atoms with E-state index in [-0.39, 0.29) is 39.5 Å². The largest absolute Gasteiger partial charge is 0.493 e. The number of anilines is 2. The van der Waals surface area contributed by atoms with Crippen LogP contribution in [-0.2, 0) is 26.6 Å². The molecule has 0 bridgehead atoms. The number of hydrogen-bond acceptors (Lipinski definition) is 11. The van der Waals surface area contributed by atoms with E-state index in [2.05, 4.69) is 43.8 Å². The highest BCUT2D eigenvalue weighted by Gasteiger charge is 2.21. The van der Waals surface area contributed by atoms with Crippen molar-refractivity contribution in [1.82, 2.24) is 19.7 Å². The minimum Gasteiger partial charge on any atom is -0.493 e. The number of methoxy groups -OCH3 is 2. The molecule has 0 saturated heterocycles. The maximum atomic E-state index is 13.8. The number of carbonyl (C=O) groups is 2. The Kier molecular flexibility index (Phi) is 12.1. The van der Waals surface area contributed by atoms with Gasteiger partial charge in [0.1, 0.15) is 17.9 Å². The standard InChI is InChI=1S/C44H43N7O7/c1-50-37-13-10-29(18-31(37)24-47-50)26-51(27-30-19-33(25-46-23-30)57-17-15-45)16-14-28-8-11-32(12-9-28)48-43(53)35-20-40(55-2)41(56-3)21-36(35)49-44(54)42-22-38(52)34-6-4-5-7-39(34)58-42/h4-13,18-25H,14-17,26-27,45H2,1-3H3,(H,48,53)(H,49,54). The molecule has 0 aliphatic heterocycles. The van der Waals surface area contributed by atoms with Crippen LogP contribution in [0.25, 0.3) is 21.9 Å². The molecule has 3 heterocycles. The van der Waals surface area contributed by atoms with E-state index >= 15 is 0 Å². The van der Waals surface area contributed by atoms with E-state index in [9.17, 15) is 14.4 Å². The number of hydrogen-bond donors (Lipinski definition) is 3. The van der Waals surface area contributed by atoms with E-state index in [4.69, 9.17) is 24.4 Å². The van der Waals surface area contributed by atoms with Crippen molar-refractivity contribution < 1.29 is 28.2 Å². The third kappa shape index (κ3) is 9.15. The number of nitrogens with zero attached hydrogens (tertiary/aromatic N) is 4. The minimum absolute atomic E-state index is 0.102. The number of nitrogens with two attached hydrogens (primary N) is 1. The van der Waals surface area contributed by atoms with Crippen LogP contribution in [0.5, 0.6) is 17.2 Å². The summed E-state index contributed by atoms with van der Waals surface area (Å²) in [4.78, 5) is 46.6. The first-order chi connectivity index (χ1) is 28.2. The summed E-state index contributed by atoms with van der Waals surface area (Å²) in [6.45, 7) is 2.90. The second-order valence-electron chi connectivity index (χ2n) is 13.6. The maximum Gasteiger partial charge on any atom is 0.291 e. The number of benzene rings is 4. The molecule has 4 aromatic carbocycles. The highest BCUT2D eigenvalue weighted by molar-refractivity contribution is 6.12. The van der Waals surface area contributed by atoms with Crippen molar-refractivity contribution in [3.63, 3.8) is 0 Å². The first-order valence-corrected chi connectivity index (χ1v) is 18.6. The first kappa shape index (κ1) is 39.2. The molecule has 14 nitrogen and oxygen atoms in total. The predicted molar refractivity (Wildman–Crippen MR) is 222 cm³/mol. The summed E-state index contributed by atoms with van der Waals surface area (Å²) >= 11 is 0. The predicted octanol–water partition coefficient (Wildman–Crippen LogP) is 6.18. The molecule has 296 valence electrons. The molecular weight excluding hydrogens is 739 g/mol. The lowest BCUT2D eigenvalue weighted by Gasteiger charge is -2.23. The van der Waals surface area contributed by atoms with Crippen LogP contribution in [0.2, 0.25) is 0 Å². The Hall–Kier alpha value is -7.03. The van der Waals surface area contributed by atoms with Gasteiger partial charge in [-0.25, -0.2) is 0 Å². The van der Waals surface area contributed by atoms with Crippen LogP contribution in [0.3, 0.4) is 0 Å². The van der Waals surface area contributed by atoms with Crippen molar-refractivity contribution in [3.8, 4) is 17.2 Å². The van der Waals surface area contributed by atoms with E-state index in [1.54, 1.807) is 30.5 Å². The normalized spacial score (nSPS) is 11.2. The Morgan fingerprint density at radius 2 is 1.59 bits per heavy atom. The maximum absolute atomic E-state index is 13.8. The topological polar surface area (TPSA) is 176 Å². The molecule has 0 aliphatic carbocycles. The van der Waals surface area contributed by atoms with Crippen LogP contribution in [0, 0.1) is 0 Å². The number of para-hydroxylation sites is 1. The molecule has 0 spiro atoms. The van der Waals surface area contributed by atoms with Crippen molar-refractivity contribution >= 4 is 45.1 Å². The molecule has 0 aliphatic rings. The lowest BCUT2D eigenvalue weighted by molar-refractivity contribution is 0.0997. The third-order valence-electron chi connectivity index (χ3n) is 9.58. The molecule has 0 atom stereocenters. The minimum atomic E-state index is -0.718. The molecule has 7 rings (SSSR count). The Morgan fingerprint density at radius 3 is 2.38 bits per heavy atom. The highest BCUT2D eigenvalue weighted by atomic mass is 16.5. The fourth-order valence-corrected chi connectivity index (χ4v) is 6.66. The van der Waals surface area contributed by atoms with Gasteiger partial charge in [0.2, 0.25) is 0 Å². The molecule has 0 fully saturated rings. The zero-order chi connectivity index (χ0) is 40.6. The SMILES string of the molecule is COc1cc(NC(=O)c2cc(=O)c3ccccc3o2)c(C(=O)Nc2ccc(CCN(Cc3cncc(OCCN)c3)Cc3ccc4c(cnn4C)c3)cc2)cc1OC. The lowest BCUT2D eigenvalue weighted by Crippen LogP contribution is -2.25. The monoisotopic (exact) mass is 781 g/mol. The molecule has 14 heteroatoms. The lowest BCUT2D eigenvalue weighted by atomic mass is 10.1. The fourth-order valence-electron chi connectivity index (χ4n) is 6.66. The average molecular weight is 782 g/mol. The fraction of sp³-hybridized carbons (Fsp3) is 0.205. The van der Waals surface area contributed by atoms with Crippen LogP contribution < -0.4 is 36.0 Å². The summed E-state index contributed by atoms with van der Waals surface area (Å²) in [5.41, 5.74) is 10.6. The summed E-state index contributed by atoms with van der Waals surface area (Å²) in [5, 5.41) is 11.5. The molecule has 7 aromatic rings.